The van der Waals surface area contributed by atoms with Crippen molar-refractivity contribution in [3.05, 3.63) is 56.0 Å². The molecule has 8 heteroatoms. The topological polar surface area (TPSA) is 54.3 Å². The number of carbonyl (C=O) groups is 1. The third-order valence-electron chi connectivity index (χ3n) is 7.05. The largest absolute Gasteiger partial charge is 0.368 e. The molecule has 1 aromatic heterocycles. The summed E-state index contributed by atoms with van der Waals surface area (Å²) < 4.78 is 28.9. The molecule has 3 heterocycles. The second kappa shape index (κ2) is 7.28. The van der Waals surface area contributed by atoms with Crippen LogP contribution < -0.4 is 15.8 Å². The lowest BCUT2D eigenvalue weighted by molar-refractivity contribution is -0.104. The van der Waals surface area contributed by atoms with Crippen molar-refractivity contribution in [2.45, 2.75) is 57.0 Å². The number of fused-ring (bicyclic) bond motifs is 2. The summed E-state index contributed by atoms with van der Waals surface area (Å²) in [4.78, 5) is 28.3. The Morgan fingerprint density at radius 3 is 2.55 bits per heavy atom. The Balaban J connectivity index is 1.40. The van der Waals surface area contributed by atoms with E-state index in [9.17, 15) is 18.4 Å². The van der Waals surface area contributed by atoms with Crippen LogP contribution in [0, 0.1) is 8.99 Å². The molecule has 0 spiro atoms. The number of carbonyl (C=O) groups excluding carboxylic acids is 1. The second-order valence-corrected chi connectivity index (χ2v) is 10.7. The van der Waals surface area contributed by atoms with Crippen LogP contribution in [-0.2, 0) is 0 Å². The van der Waals surface area contributed by atoms with Crippen LogP contribution in [0.2, 0.25) is 0 Å². The van der Waals surface area contributed by atoms with Gasteiger partial charge in [-0.2, -0.15) is 0 Å². The average Bonchev–Trinajstić information content (AvgIpc) is 2.67. The molecule has 4 aliphatic rings. The van der Waals surface area contributed by atoms with Crippen molar-refractivity contribution < 1.29 is 13.6 Å². The van der Waals surface area contributed by atoms with Gasteiger partial charge >= 0.3 is 0 Å². The molecule has 0 unspecified atom stereocenters. The van der Waals surface area contributed by atoms with Crippen LogP contribution in [0.4, 0.5) is 20.2 Å². The Labute approximate surface area is 193 Å². The van der Waals surface area contributed by atoms with E-state index in [1.165, 1.54) is 16.8 Å². The van der Waals surface area contributed by atoms with Crippen molar-refractivity contribution in [2.75, 3.05) is 16.8 Å². The first-order valence-electron chi connectivity index (χ1n) is 10.6. The van der Waals surface area contributed by atoms with Gasteiger partial charge in [0.05, 0.1) is 11.3 Å². The lowest BCUT2D eigenvalue weighted by atomic mass is 9.61. The molecule has 31 heavy (non-hydrogen) atoms. The molecule has 1 N–H and O–H groups in total. The SMILES string of the molecule is CC12CCN(c3cc(I)ccc3C(=O)Nc3cccn(C4CC(F)(F)C4)c3=O)C(C1)C2. The summed E-state index contributed by atoms with van der Waals surface area (Å²) in [5, 5.41) is 2.74. The van der Waals surface area contributed by atoms with E-state index in [0.717, 1.165) is 35.1 Å². The number of anilines is 2. The molecule has 164 valence electrons. The fraction of sp³-hybridized carbons (Fsp3) is 0.478. The zero-order valence-electron chi connectivity index (χ0n) is 17.2. The number of amides is 1. The van der Waals surface area contributed by atoms with E-state index in [0.29, 0.717) is 17.0 Å². The highest BCUT2D eigenvalue weighted by molar-refractivity contribution is 14.1. The van der Waals surface area contributed by atoms with Crippen LogP contribution in [0.3, 0.4) is 0 Å². The van der Waals surface area contributed by atoms with Gasteiger partial charge in [-0.15, -0.1) is 0 Å². The lowest BCUT2D eigenvalue weighted by Gasteiger charge is -2.57. The Hall–Kier alpha value is -1.97. The van der Waals surface area contributed by atoms with E-state index in [4.69, 9.17) is 0 Å². The van der Waals surface area contributed by atoms with Crippen LogP contribution in [0.25, 0.3) is 0 Å². The minimum Gasteiger partial charge on any atom is -0.368 e. The van der Waals surface area contributed by atoms with Crippen LogP contribution in [0.15, 0.2) is 41.3 Å². The number of hydrogen-bond donors (Lipinski definition) is 1. The number of halogens is 3. The van der Waals surface area contributed by atoms with E-state index in [-0.39, 0.29) is 24.4 Å². The summed E-state index contributed by atoms with van der Waals surface area (Å²) in [6.07, 6.45) is 4.19. The maximum absolute atomic E-state index is 13.3. The summed E-state index contributed by atoms with van der Waals surface area (Å²) >= 11 is 2.25. The highest BCUT2D eigenvalue weighted by atomic mass is 127. The minimum atomic E-state index is -2.72. The van der Waals surface area contributed by atoms with Gasteiger partial charge in [0.1, 0.15) is 5.69 Å². The average molecular weight is 539 g/mol. The van der Waals surface area contributed by atoms with Gasteiger partial charge in [0.2, 0.25) is 0 Å². The van der Waals surface area contributed by atoms with Gasteiger partial charge in [0.15, 0.2) is 0 Å². The highest BCUT2D eigenvalue weighted by Crippen LogP contribution is 2.52. The predicted molar refractivity (Wildman–Crippen MR) is 124 cm³/mol. The normalized spacial score (nSPS) is 26.7. The van der Waals surface area contributed by atoms with Crippen molar-refractivity contribution in [1.82, 2.24) is 4.57 Å². The summed E-state index contributed by atoms with van der Waals surface area (Å²) in [6, 6.07) is 8.75. The molecular weight excluding hydrogens is 515 g/mol. The van der Waals surface area contributed by atoms with Crippen molar-refractivity contribution in [1.29, 1.82) is 0 Å². The number of alkyl halides is 2. The third-order valence-corrected chi connectivity index (χ3v) is 7.72. The predicted octanol–water partition coefficient (Wildman–Crippen LogP) is 5.05. The summed E-state index contributed by atoms with van der Waals surface area (Å²) in [7, 11) is 0. The fourth-order valence-electron chi connectivity index (χ4n) is 5.24. The number of aromatic nitrogens is 1. The molecule has 1 amide bonds. The summed E-state index contributed by atoms with van der Waals surface area (Å²) in [5.74, 6) is -3.07. The number of piperidine rings is 2. The zero-order chi connectivity index (χ0) is 22.0. The molecule has 0 radical (unpaired) electrons. The van der Waals surface area contributed by atoms with E-state index >= 15 is 0 Å². The molecule has 2 bridgehead atoms. The highest BCUT2D eigenvalue weighted by Gasteiger charge is 2.48. The maximum atomic E-state index is 13.3. The number of nitrogens with one attached hydrogen (secondary N) is 1. The first-order valence-corrected chi connectivity index (χ1v) is 11.7. The van der Waals surface area contributed by atoms with Crippen molar-refractivity contribution in [2.24, 2.45) is 5.41 Å². The maximum Gasteiger partial charge on any atom is 0.274 e. The lowest BCUT2D eigenvalue weighted by Crippen LogP contribution is -2.57. The Morgan fingerprint density at radius 1 is 1.16 bits per heavy atom. The molecule has 0 atom stereocenters. The standard InChI is InChI=1S/C23H24F2IN3O2/c1-22-6-8-28(15(10-22)11-22)19-9-14(26)4-5-17(19)20(30)27-18-3-2-7-29(21(18)31)16-12-23(24,25)13-16/h2-5,7,9,15-16H,6,8,10-13H2,1H3,(H,27,30). The molecule has 6 rings (SSSR count). The Kier molecular flexibility index (Phi) is 4.91. The van der Waals surface area contributed by atoms with E-state index < -0.39 is 17.5 Å². The molecule has 4 fully saturated rings. The number of nitrogens with zero attached hydrogens (tertiary/aromatic N) is 2. The molecular formula is C23H24F2IN3O2. The van der Waals surface area contributed by atoms with Crippen LogP contribution >= 0.6 is 22.6 Å². The fourth-order valence-corrected chi connectivity index (χ4v) is 5.71. The first-order chi connectivity index (χ1) is 14.6. The number of rotatable bonds is 4. The van der Waals surface area contributed by atoms with Crippen molar-refractivity contribution in [3.63, 3.8) is 0 Å². The summed E-state index contributed by atoms with van der Waals surface area (Å²) in [6.45, 7) is 3.23. The van der Waals surface area contributed by atoms with Gasteiger partial charge < -0.3 is 14.8 Å². The number of pyridine rings is 1. The van der Waals surface area contributed by atoms with E-state index in [2.05, 4.69) is 39.7 Å². The number of benzene rings is 1. The van der Waals surface area contributed by atoms with Crippen molar-refractivity contribution >= 4 is 39.9 Å². The first kappa shape index (κ1) is 20.9. The van der Waals surface area contributed by atoms with Crippen LogP contribution in [0.5, 0.6) is 0 Å². The Morgan fingerprint density at radius 2 is 1.90 bits per heavy atom. The Bertz CT molecular complexity index is 1100. The van der Waals surface area contributed by atoms with Gasteiger partial charge in [0.25, 0.3) is 17.4 Å². The monoisotopic (exact) mass is 539 g/mol. The smallest absolute Gasteiger partial charge is 0.274 e. The molecule has 2 aliphatic heterocycles. The van der Waals surface area contributed by atoms with Gasteiger partial charge in [-0.1, -0.05) is 6.92 Å². The van der Waals surface area contributed by atoms with E-state index in [1.54, 1.807) is 12.1 Å². The van der Waals surface area contributed by atoms with Gasteiger partial charge in [0, 0.05) is 41.2 Å². The van der Waals surface area contributed by atoms with Crippen LogP contribution in [0.1, 0.15) is 55.4 Å². The third kappa shape index (κ3) is 3.76. The minimum absolute atomic E-state index is 0.113. The molecule has 2 aromatic rings. The molecule has 2 aliphatic carbocycles. The molecule has 1 aromatic carbocycles. The molecule has 2 saturated carbocycles. The molecule has 5 nitrogen and oxygen atoms in total. The second-order valence-electron chi connectivity index (χ2n) is 9.48. The molecule has 2 saturated heterocycles. The quantitative estimate of drug-likeness (QED) is 0.554. The summed E-state index contributed by atoms with van der Waals surface area (Å²) in [5.41, 5.74) is 1.52. The van der Waals surface area contributed by atoms with Crippen molar-refractivity contribution in [3.8, 4) is 0 Å². The van der Waals surface area contributed by atoms with E-state index in [1.807, 2.05) is 12.1 Å². The van der Waals surface area contributed by atoms with Gasteiger partial charge in [-0.05, 0) is 77.6 Å². The van der Waals surface area contributed by atoms with Gasteiger partial charge in [-0.25, -0.2) is 8.78 Å². The number of hydrogen-bond acceptors (Lipinski definition) is 3. The van der Waals surface area contributed by atoms with Crippen LogP contribution in [-0.4, -0.2) is 29.0 Å². The zero-order valence-corrected chi connectivity index (χ0v) is 19.4. The van der Waals surface area contributed by atoms with Gasteiger partial charge in [-0.3, -0.25) is 9.59 Å².